The SMILES string of the molecule is CCC(CNCC(C)C)N(C)c1ccc(OC)cc1. The van der Waals surface area contributed by atoms with E-state index in [1.54, 1.807) is 7.11 Å². The van der Waals surface area contributed by atoms with Crippen molar-refractivity contribution in [2.24, 2.45) is 5.92 Å². The highest BCUT2D eigenvalue weighted by atomic mass is 16.5. The second-order valence-corrected chi connectivity index (χ2v) is 5.42. The molecule has 1 unspecified atom stereocenters. The first-order valence-electron chi connectivity index (χ1n) is 7.16. The van der Waals surface area contributed by atoms with Gasteiger partial charge < -0.3 is 15.0 Å². The van der Waals surface area contributed by atoms with E-state index >= 15 is 0 Å². The molecule has 3 heteroatoms. The molecule has 0 fully saturated rings. The van der Waals surface area contributed by atoms with Crippen LogP contribution in [0.15, 0.2) is 24.3 Å². The summed E-state index contributed by atoms with van der Waals surface area (Å²) in [5, 5.41) is 3.54. The van der Waals surface area contributed by atoms with Gasteiger partial charge in [0.15, 0.2) is 0 Å². The Bertz CT molecular complexity index is 348. The minimum atomic E-state index is 0.521. The first kappa shape index (κ1) is 15.8. The second kappa shape index (κ2) is 8.05. The van der Waals surface area contributed by atoms with E-state index in [-0.39, 0.29) is 0 Å². The molecule has 1 atom stereocenters. The van der Waals surface area contributed by atoms with Gasteiger partial charge in [-0.2, -0.15) is 0 Å². The van der Waals surface area contributed by atoms with Crippen LogP contribution in [0.5, 0.6) is 5.75 Å². The standard InChI is InChI=1S/C16H28N2O/c1-6-14(12-17-11-13(2)3)18(4)15-7-9-16(19-5)10-8-15/h7-10,13-14,17H,6,11-12H2,1-5H3. The van der Waals surface area contributed by atoms with E-state index in [0.717, 1.165) is 25.3 Å². The summed E-state index contributed by atoms with van der Waals surface area (Å²) in [6.45, 7) is 8.81. The zero-order valence-corrected chi connectivity index (χ0v) is 12.9. The predicted octanol–water partition coefficient (Wildman–Crippen LogP) is 3.16. The number of hydrogen-bond acceptors (Lipinski definition) is 3. The molecule has 0 aliphatic heterocycles. The van der Waals surface area contributed by atoms with Crippen molar-refractivity contribution in [2.75, 3.05) is 32.1 Å². The molecule has 19 heavy (non-hydrogen) atoms. The van der Waals surface area contributed by atoms with E-state index in [4.69, 9.17) is 4.74 Å². The number of methoxy groups -OCH3 is 1. The minimum Gasteiger partial charge on any atom is -0.497 e. The van der Waals surface area contributed by atoms with Crippen LogP contribution in [0, 0.1) is 5.92 Å². The van der Waals surface area contributed by atoms with Gasteiger partial charge in [0.05, 0.1) is 7.11 Å². The first-order valence-corrected chi connectivity index (χ1v) is 7.16. The van der Waals surface area contributed by atoms with Gasteiger partial charge in [0.25, 0.3) is 0 Å². The number of benzene rings is 1. The van der Waals surface area contributed by atoms with Crippen LogP contribution in [-0.2, 0) is 0 Å². The average Bonchev–Trinajstić information content (AvgIpc) is 2.43. The van der Waals surface area contributed by atoms with Crippen molar-refractivity contribution >= 4 is 5.69 Å². The lowest BCUT2D eigenvalue weighted by atomic mass is 10.1. The van der Waals surface area contributed by atoms with Gasteiger partial charge in [-0.3, -0.25) is 0 Å². The maximum absolute atomic E-state index is 5.20. The third kappa shape index (κ3) is 5.11. The van der Waals surface area contributed by atoms with E-state index in [1.807, 2.05) is 12.1 Å². The molecule has 0 aromatic heterocycles. The Balaban J connectivity index is 2.58. The molecule has 0 saturated heterocycles. The third-order valence-corrected chi connectivity index (χ3v) is 3.43. The number of ether oxygens (including phenoxy) is 1. The summed E-state index contributed by atoms with van der Waals surface area (Å²) in [5.41, 5.74) is 1.24. The van der Waals surface area contributed by atoms with Crippen molar-refractivity contribution in [3.8, 4) is 5.75 Å². The molecular weight excluding hydrogens is 236 g/mol. The lowest BCUT2D eigenvalue weighted by Crippen LogP contribution is -2.40. The number of nitrogens with zero attached hydrogens (tertiary/aromatic N) is 1. The van der Waals surface area contributed by atoms with Crippen molar-refractivity contribution in [3.63, 3.8) is 0 Å². The van der Waals surface area contributed by atoms with E-state index in [0.29, 0.717) is 12.0 Å². The Hall–Kier alpha value is -1.22. The van der Waals surface area contributed by atoms with Crippen LogP contribution < -0.4 is 15.0 Å². The van der Waals surface area contributed by atoms with Crippen LogP contribution >= 0.6 is 0 Å². The predicted molar refractivity (Wildman–Crippen MR) is 83.2 cm³/mol. The summed E-state index contributed by atoms with van der Waals surface area (Å²) in [5.74, 6) is 1.60. The van der Waals surface area contributed by atoms with Gasteiger partial charge in [-0.25, -0.2) is 0 Å². The summed E-state index contributed by atoms with van der Waals surface area (Å²) in [6, 6.07) is 8.78. The number of hydrogen-bond donors (Lipinski definition) is 1. The van der Waals surface area contributed by atoms with Crippen molar-refractivity contribution in [2.45, 2.75) is 33.2 Å². The summed E-state index contributed by atoms with van der Waals surface area (Å²) >= 11 is 0. The largest absolute Gasteiger partial charge is 0.497 e. The van der Waals surface area contributed by atoms with Crippen LogP contribution in [0.25, 0.3) is 0 Å². The van der Waals surface area contributed by atoms with Crippen LogP contribution in [0.2, 0.25) is 0 Å². The molecule has 1 aromatic carbocycles. The lowest BCUT2D eigenvalue weighted by molar-refractivity contribution is 0.414. The molecule has 3 nitrogen and oxygen atoms in total. The van der Waals surface area contributed by atoms with Gasteiger partial charge >= 0.3 is 0 Å². The van der Waals surface area contributed by atoms with Gasteiger partial charge in [-0.15, -0.1) is 0 Å². The zero-order chi connectivity index (χ0) is 14.3. The molecule has 0 aliphatic carbocycles. The number of rotatable bonds is 8. The monoisotopic (exact) mass is 264 g/mol. The molecule has 1 N–H and O–H groups in total. The maximum atomic E-state index is 5.20. The third-order valence-electron chi connectivity index (χ3n) is 3.43. The Morgan fingerprint density at radius 2 is 1.79 bits per heavy atom. The Labute approximate surface area is 118 Å². The smallest absolute Gasteiger partial charge is 0.119 e. The van der Waals surface area contributed by atoms with Crippen molar-refractivity contribution in [1.29, 1.82) is 0 Å². The molecule has 0 spiro atoms. The highest BCUT2D eigenvalue weighted by Crippen LogP contribution is 2.20. The molecule has 0 aliphatic rings. The zero-order valence-electron chi connectivity index (χ0n) is 12.9. The molecule has 0 amide bonds. The fourth-order valence-corrected chi connectivity index (χ4v) is 2.12. The van der Waals surface area contributed by atoms with Crippen LogP contribution in [0.1, 0.15) is 27.2 Å². The van der Waals surface area contributed by atoms with E-state index in [9.17, 15) is 0 Å². The van der Waals surface area contributed by atoms with Gasteiger partial charge in [0.1, 0.15) is 5.75 Å². The fraction of sp³-hybridized carbons (Fsp3) is 0.625. The molecule has 0 bridgehead atoms. The van der Waals surface area contributed by atoms with Gasteiger partial charge in [-0.05, 0) is 43.1 Å². The summed E-state index contributed by atoms with van der Waals surface area (Å²) in [7, 11) is 3.86. The quantitative estimate of drug-likeness (QED) is 0.780. The molecule has 1 aromatic rings. The van der Waals surface area contributed by atoms with E-state index in [2.05, 4.69) is 50.2 Å². The molecule has 0 heterocycles. The molecule has 108 valence electrons. The van der Waals surface area contributed by atoms with Gasteiger partial charge in [0, 0.05) is 25.3 Å². The first-order chi connectivity index (χ1) is 9.08. The summed E-state index contributed by atoms with van der Waals surface area (Å²) < 4.78 is 5.20. The van der Waals surface area contributed by atoms with Gasteiger partial charge in [0.2, 0.25) is 0 Å². The van der Waals surface area contributed by atoms with Crippen LogP contribution in [0.3, 0.4) is 0 Å². The average molecular weight is 264 g/mol. The summed E-state index contributed by atoms with van der Waals surface area (Å²) in [4.78, 5) is 2.34. The lowest BCUT2D eigenvalue weighted by Gasteiger charge is -2.30. The highest BCUT2D eigenvalue weighted by molar-refractivity contribution is 5.49. The Kier molecular flexibility index (Phi) is 6.71. The van der Waals surface area contributed by atoms with Gasteiger partial charge in [-0.1, -0.05) is 20.8 Å². The minimum absolute atomic E-state index is 0.521. The number of nitrogens with one attached hydrogen (secondary N) is 1. The van der Waals surface area contributed by atoms with Crippen molar-refractivity contribution < 1.29 is 4.74 Å². The number of likely N-dealkylation sites (N-methyl/N-ethyl adjacent to an activating group) is 1. The molecular formula is C16H28N2O. The number of anilines is 1. The second-order valence-electron chi connectivity index (χ2n) is 5.42. The molecule has 0 saturated carbocycles. The van der Waals surface area contributed by atoms with Crippen molar-refractivity contribution in [3.05, 3.63) is 24.3 Å². The fourth-order valence-electron chi connectivity index (χ4n) is 2.12. The maximum Gasteiger partial charge on any atom is 0.119 e. The summed E-state index contributed by atoms with van der Waals surface area (Å²) in [6.07, 6.45) is 1.13. The highest BCUT2D eigenvalue weighted by Gasteiger charge is 2.13. The van der Waals surface area contributed by atoms with E-state index in [1.165, 1.54) is 5.69 Å². The molecule has 1 rings (SSSR count). The van der Waals surface area contributed by atoms with Crippen LogP contribution in [-0.4, -0.2) is 33.3 Å². The Morgan fingerprint density at radius 1 is 1.16 bits per heavy atom. The Morgan fingerprint density at radius 3 is 2.26 bits per heavy atom. The normalized spacial score (nSPS) is 12.5. The topological polar surface area (TPSA) is 24.5 Å². The van der Waals surface area contributed by atoms with Crippen molar-refractivity contribution in [1.82, 2.24) is 5.32 Å². The van der Waals surface area contributed by atoms with Crippen LogP contribution in [0.4, 0.5) is 5.69 Å². The molecule has 0 radical (unpaired) electrons. The van der Waals surface area contributed by atoms with E-state index < -0.39 is 0 Å².